The summed E-state index contributed by atoms with van der Waals surface area (Å²) in [5.74, 6) is -3.39. The molecule has 0 radical (unpaired) electrons. The SMILES string of the molecule is NC(=O)CC(=O)[C@@](O)(CO)[C@H](CCO)C[C@H]1CC(=O)c2c(O)ccc(-c3cccc(CN4CCCC4)c3)c2C1. The Balaban J connectivity index is 1.64. The van der Waals surface area contributed by atoms with Gasteiger partial charge >= 0.3 is 0 Å². The number of nitrogens with zero attached hydrogens (tertiary/aromatic N) is 1. The fourth-order valence-electron chi connectivity index (χ4n) is 6.22. The summed E-state index contributed by atoms with van der Waals surface area (Å²) in [6.45, 7) is 1.71. The first-order valence-corrected chi connectivity index (χ1v) is 13.6. The molecule has 210 valence electrons. The number of phenols is 1. The first-order chi connectivity index (χ1) is 18.7. The number of aromatic hydroxyl groups is 1. The predicted octanol–water partition coefficient (Wildman–Crippen LogP) is 1.96. The Kier molecular flexibility index (Phi) is 9.17. The number of aliphatic hydroxyl groups excluding tert-OH is 2. The van der Waals surface area contributed by atoms with E-state index in [1.807, 2.05) is 18.2 Å². The lowest BCUT2D eigenvalue weighted by molar-refractivity contribution is -0.153. The number of rotatable bonds is 12. The highest BCUT2D eigenvalue weighted by Gasteiger charge is 2.45. The van der Waals surface area contributed by atoms with Crippen LogP contribution in [0, 0.1) is 11.8 Å². The van der Waals surface area contributed by atoms with E-state index < -0.39 is 36.2 Å². The van der Waals surface area contributed by atoms with E-state index in [-0.39, 0.29) is 48.9 Å². The van der Waals surface area contributed by atoms with Crippen LogP contribution in [0.15, 0.2) is 36.4 Å². The van der Waals surface area contributed by atoms with E-state index in [1.165, 1.54) is 18.4 Å². The second kappa shape index (κ2) is 12.4. The fraction of sp³-hybridized carbons (Fsp3) is 0.500. The van der Waals surface area contributed by atoms with Crippen LogP contribution in [-0.4, -0.2) is 74.7 Å². The van der Waals surface area contributed by atoms with Crippen LogP contribution in [0.2, 0.25) is 0 Å². The van der Waals surface area contributed by atoms with Gasteiger partial charge in [0, 0.05) is 19.6 Å². The number of phenolic OH excluding ortho intramolecular Hbond substituents is 1. The van der Waals surface area contributed by atoms with Crippen molar-refractivity contribution in [2.75, 3.05) is 26.3 Å². The number of carbonyl (C=O) groups excluding carboxylic acids is 3. The van der Waals surface area contributed by atoms with Gasteiger partial charge in [-0.2, -0.15) is 0 Å². The van der Waals surface area contributed by atoms with Crippen molar-refractivity contribution in [2.24, 2.45) is 17.6 Å². The number of hydrogen-bond donors (Lipinski definition) is 5. The molecular formula is C30H38N2O7. The van der Waals surface area contributed by atoms with E-state index >= 15 is 0 Å². The van der Waals surface area contributed by atoms with E-state index in [2.05, 4.69) is 17.0 Å². The minimum Gasteiger partial charge on any atom is -0.507 e. The lowest BCUT2D eigenvalue weighted by Crippen LogP contribution is -2.51. The minimum atomic E-state index is -2.27. The predicted molar refractivity (Wildman–Crippen MR) is 145 cm³/mol. The van der Waals surface area contributed by atoms with Crippen molar-refractivity contribution in [1.82, 2.24) is 4.90 Å². The number of fused-ring (bicyclic) bond motifs is 1. The first-order valence-electron chi connectivity index (χ1n) is 13.6. The maximum atomic E-state index is 13.3. The van der Waals surface area contributed by atoms with Crippen LogP contribution in [0.5, 0.6) is 5.75 Å². The van der Waals surface area contributed by atoms with E-state index in [0.717, 1.165) is 30.8 Å². The third-order valence-electron chi connectivity index (χ3n) is 8.21. The van der Waals surface area contributed by atoms with Crippen molar-refractivity contribution in [2.45, 2.75) is 57.1 Å². The molecule has 4 rings (SSSR count). The summed E-state index contributed by atoms with van der Waals surface area (Å²) >= 11 is 0. The summed E-state index contributed by atoms with van der Waals surface area (Å²) in [5, 5.41) is 41.3. The number of amides is 1. The fourth-order valence-corrected chi connectivity index (χ4v) is 6.22. The Morgan fingerprint density at radius 2 is 1.85 bits per heavy atom. The van der Waals surface area contributed by atoms with Gasteiger partial charge in [0.1, 0.15) is 11.4 Å². The Hall–Kier alpha value is -3.11. The van der Waals surface area contributed by atoms with Gasteiger partial charge in [-0.3, -0.25) is 19.3 Å². The van der Waals surface area contributed by atoms with Crippen LogP contribution >= 0.6 is 0 Å². The molecule has 1 aliphatic heterocycles. The second-order valence-corrected chi connectivity index (χ2v) is 11.0. The number of likely N-dealkylation sites (tertiary alicyclic amines) is 1. The zero-order valence-corrected chi connectivity index (χ0v) is 22.1. The highest BCUT2D eigenvalue weighted by Crippen LogP contribution is 2.42. The summed E-state index contributed by atoms with van der Waals surface area (Å²) < 4.78 is 0. The number of benzene rings is 2. The minimum absolute atomic E-state index is 0.00937. The smallest absolute Gasteiger partial charge is 0.224 e. The van der Waals surface area contributed by atoms with Gasteiger partial charge in [-0.05, 0) is 91.4 Å². The van der Waals surface area contributed by atoms with E-state index in [1.54, 1.807) is 6.07 Å². The molecule has 0 bridgehead atoms. The molecule has 2 aromatic carbocycles. The number of carbonyl (C=O) groups is 3. The quantitative estimate of drug-likeness (QED) is 0.256. The molecule has 1 saturated heterocycles. The summed E-state index contributed by atoms with van der Waals surface area (Å²) in [7, 11) is 0. The van der Waals surface area contributed by atoms with Crippen molar-refractivity contribution >= 4 is 17.5 Å². The maximum absolute atomic E-state index is 13.3. The zero-order chi connectivity index (χ0) is 28.2. The van der Waals surface area contributed by atoms with Gasteiger partial charge < -0.3 is 26.2 Å². The highest BCUT2D eigenvalue weighted by atomic mass is 16.3. The average Bonchev–Trinajstić information content (AvgIpc) is 3.40. The van der Waals surface area contributed by atoms with Gasteiger partial charge in [0.15, 0.2) is 11.6 Å². The van der Waals surface area contributed by atoms with E-state index in [4.69, 9.17) is 5.73 Å². The molecule has 0 unspecified atom stereocenters. The summed E-state index contributed by atoms with van der Waals surface area (Å²) in [4.78, 5) is 39.7. The number of aliphatic hydroxyl groups is 3. The third-order valence-corrected chi connectivity index (χ3v) is 8.21. The molecule has 1 fully saturated rings. The summed E-state index contributed by atoms with van der Waals surface area (Å²) in [6, 6.07) is 11.5. The monoisotopic (exact) mass is 538 g/mol. The van der Waals surface area contributed by atoms with Crippen molar-refractivity contribution in [3.63, 3.8) is 0 Å². The van der Waals surface area contributed by atoms with Gasteiger partial charge in [0.25, 0.3) is 0 Å². The molecule has 9 nitrogen and oxygen atoms in total. The van der Waals surface area contributed by atoms with Crippen molar-refractivity contribution in [1.29, 1.82) is 0 Å². The molecule has 9 heteroatoms. The summed E-state index contributed by atoms with van der Waals surface area (Å²) in [5.41, 5.74) is 6.80. The lowest BCUT2D eigenvalue weighted by atomic mass is 9.71. The second-order valence-electron chi connectivity index (χ2n) is 11.0. The Morgan fingerprint density at radius 1 is 1.10 bits per heavy atom. The molecular weight excluding hydrogens is 500 g/mol. The first kappa shape index (κ1) is 28.9. The van der Waals surface area contributed by atoms with Crippen LogP contribution in [-0.2, 0) is 22.6 Å². The van der Waals surface area contributed by atoms with Crippen molar-refractivity contribution in [3.05, 3.63) is 53.1 Å². The highest BCUT2D eigenvalue weighted by molar-refractivity contribution is 6.03. The van der Waals surface area contributed by atoms with Gasteiger partial charge in [-0.1, -0.05) is 24.3 Å². The van der Waals surface area contributed by atoms with E-state index in [0.29, 0.717) is 12.0 Å². The Morgan fingerprint density at radius 3 is 2.51 bits per heavy atom. The molecule has 2 aromatic rings. The average molecular weight is 539 g/mol. The third kappa shape index (κ3) is 6.38. The molecule has 2 aliphatic rings. The molecule has 1 heterocycles. The topological polar surface area (TPSA) is 161 Å². The lowest BCUT2D eigenvalue weighted by Gasteiger charge is -2.36. The van der Waals surface area contributed by atoms with Crippen LogP contribution in [0.3, 0.4) is 0 Å². The molecule has 6 N–H and O–H groups in total. The Bertz CT molecular complexity index is 1220. The standard InChI is InChI=1S/C30H38N2O7/c31-28(38)16-27(37)30(39,18-34)22(8-11-33)13-20-14-24-23(6-7-25(35)29(24)26(36)15-20)21-5-3-4-19(12-21)17-32-9-1-2-10-32/h3-7,12,20,22,33-35,39H,1-2,8-11,13-18H2,(H2,31,38)/t20-,22-,30-/m1/s1. The van der Waals surface area contributed by atoms with Crippen molar-refractivity contribution < 1.29 is 34.8 Å². The van der Waals surface area contributed by atoms with Crippen LogP contribution in [0.4, 0.5) is 0 Å². The molecule has 0 aromatic heterocycles. The largest absolute Gasteiger partial charge is 0.507 e. The normalized spacial score (nSPS) is 19.9. The van der Waals surface area contributed by atoms with E-state index in [9.17, 15) is 34.8 Å². The molecule has 3 atom stereocenters. The van der Waals surface area contributed by atoms with Crippen molar-refractivity contribution in [3.8, 4) is 16.9 Å². The number of nitrogens with two attached hydrogens (primary N) is 1. The van der Waals surface area contributed by atoms with Gasteiger partial charge in [0.2, 0.25) is 5.91 Å². The molecule has 1 aliphatic carbocycles. The number of ketones is 2. The summed E-state index contributed by atoms with van der Waals surface area (Å²) in [6.07, 6.45) is 2.27. The molecule has 39 heavy (non-hydrogen) atoms. The van der Waals surface area contributed by atoms with Crippen LogP contribution in [0.25, 0.3) is 11.1 Å². The zero-order valence-electron chi connectivity index (χ0n) is 22.1. The van der Waals surface area contributed by atoms with Gasteiger partial charge in [-0.15, -0.1) is 0 Å². The molecule has 0 spiro atoms. The Labute approximate surface area is 228 Å². The van der Waals surface area contributed by atoms with Gasteiger partial charge in [-0.25, -0.2) is 0 Å². The molecule has 0 saturated carbocycles. The number of primary amides is 1. The number of Topliss-reactive ketones (excluding diaryl/α,β-unsaturated/α-hetero) is 2. The van der Waals surface area contributed by atoms with Crippen LogP contribution < -0.4 is 5.73 Å². The molecule has 1 amide bonds. The number of hydrogen-bond acceptors (Lipinski definition) is 8. The van der Waals surface area contributed by atoms with Gasteiger partial charge in [0.05, 0.1) is 18.6 Å². The van der Waals surface area contributed by atoms with Crippen LogP contribution in [0.1, 0.15) is 60.0 Å². The maximum Gasteiger partial charge on any atom is 0.224 e.